The van der Waals surface area contributed by atoms with Gasteiger partial charge in [0, 0.05) is 19.7 Å². The van der Waals surface area contributed by atoms with Crippen molar-refractivity contribution in [2.75, 3.05) is 7.11 Å². The largest absolute Gasteiger partial charge is 0.378 e. The first-order valence-corrected chi connectivity index (χ1v) is 6.57. The fraction of sp³-hybridized carbons (Fsp3) is 0.600. The molecule has 1 aliphatic carbocycles. The van der Waals surface area contributed by atoms with Crippen LogP contribution in [0.2, 0.25) is 0 Å². The van der Waals surface area contributed by atoms with Crippen LogP contribution in [0.25, 0.3) is 0 Å². The maximum absolute atomic E-state index is 5.66. The van der Waals surface area contributed by atoms with Crippen molar-refractivity contribution in [1.29, 1.82) is 0 Å². The Labute approximate surface area is 104 Å². The van der Waals surface area contributed by atoms with Crippen molar-refractivity contribution in [2.24, 2.45) is 0 Å². The van der Waals surface area contributed by atoms with Crippen LogP contribution < -0.4 is 5.32 Å². The zero-order valence-electron chi connectivity index (χ0n) is 10.9. The fourth-order valence-corrected chi connectivity index (χ4v) is 2.58. The van der Waals surface area contributed by atoms with E-state index in [0.717, 1.165) is 13.0 Å². The number of methoxy groups -OCH3 is 1. The van der Waals surface area contributed by atoms with Crippen LogP contribution in [0.3, 0.4) is 0 Å². The standard InChI is InChI=1S/C15H23NO/c1-13(11-15(17-2)9-6-10-15)16-12-14-7-4-3-5-8-14/h3-5,7-8,13,16H,6,9-12H2,1-2H3. The minimum absolute atomic E-state index is 0.170. The Balaban J connectivity index is 1.76. The van der Waals surface area contributed by atoms with Gasteiger partial charge in [0.05, 0.1) is 5.60 Å². The molecule has 0 amide bonds. The molecule has 2 nitrogen and oxygen atoms in total. The summed E-state index contributed by atoms with van der Waals surface area (Å²) in [5.41, 5.74) is 1.52. The Hall–Kier alpha value is -0.860. The summed E-state index contributed by atoms with van der Waals surface area (Å²) in [7, 11) is 1.85. The predicted molar refractivity (Wildman–Crippen MR) is 71.0 cm³/mol. The quantitative estimate of drug-likeness (QED) is 0.815. The van der Waals surface area contributed by atoms with E-state index in [-0.39, 0.29) is 5.60 Å². The molecule has 1 N–H and O–H groups in total. The molecule has 2 rings (SSSR count). The molecule has 0 aliphatic heterocycles. The van der Waals surface area contributed by atoms with E-state index in [9.17, 15) is 0 Å². The van der Waals surface area contributed by atoms with Crippen LogP contribution in [0.5, 0.6) is 0 Å². The second-order valence-electron chi connectivity index (χ2n) is 5.21. The van der Waals surface area contributed by atoms with E-state index in [1.165, 1.54) is 24.8 Å². The lowest BCUT2D eigenvalue weighted by atomic mass is 9.76. The number of hydrogen-bond donors (Lipinski definition) is 1. The van der Waals surface area contributed by atoms with Crippen LogP contribution in [0.1, 0.15) is 38.2 Å². The zero-order valence-corrected chi connectivity index (χ0v) is 10.9. The van der Waals surface area contributed by atoms with E-state index in [1.807, 2.05) is 7.11 Å². The third kappa shape index (κ3) is 3.30. The van der Waals surface area contributed by atoms with E-state index in [0.29, 0.717) is 6.04 Å². The second kappa shape index (κ2) is 5.65. The number of nitrogens with one attached hydrogen (secondary N) is 1. The number of rotatable bonds is 6. The lowest BCUT2D eigenvalue weighted by Crippen LogP contribution is -2.44. The van der Waals surface area contributed by atoms with Gasteiger partial charge in [-0.05, 0) is 38.2 Å². The third-order valence-electron chi connectivity index (χ3n) is 3.87. The summed E-state index contributed by atoms with van der Waals surface area (Å²) in [4.78, 5) is 0. The van der Waals surface area contributed by atoms with Crippen molar-refractivity contribution >= 4 is 0 Å². The summed E-state index contributed by atoms with van der Waals surface area (Å²) in [5, 5.41) is 3.58. The summed E-state index contributed by atoms with van der Waals surface area (Å²) >= 11 is 0. The average molecular weight is 233 g/mol. The van der Waals surface area contributed by atoms with Gasteiger partial charge >= 0.3 is 0 Å². The Bertz CT molecular complexity index is 327. The molecule has 0 aromatic heterocycles. The Morgan fingerprint density at radius 2 is 2.00 bits per heavy atom. The Morgan fingerprint density at radius 1 is 1.29 bits per heavy atom. The predicted octanol–water partition coefficient (Wildman–Crippen LogP) is 3.12. The molecule has 0 saturated heterocycles. The van der Waals surface area contributed by atoms with Crippen molar-refractivity contribution in [3.63, 3.8) is 0 Å². The molecule has 1 saturated carbocycles. The summed E-state index contributed by atoms with van der Waals surface area (Å²) in [6, 6.07) is 11.1. The zero-order chi connectivity index (χ0) is 12.1. The molecule has 0 radical (unpaired) electrons. The van der Waals surface area contributed by atoms with Crippen molar-refractivity contribution in [2.45, 2.75) is 50.8 Å². The summed E-state index contributed by atoms with van der Waals surface area (Å²) in [6.07, 6.45) is 4.89. The first-order valence-electron chi connectivity index (χ1n) is 6.57. The highest BCUT2D eigenvalue weighted by molar-refractivity contribution is 5.14. The minimum atomic E-state index is 0.170. The highest BCUT2D eigenvalue weighted by Crippen LogP contribution is 2.38. The maximum atomic E-state index is 5.66. The average Bonchev–Trinajstić information content (AvgIpc) is 2.33. The first kappa shape index (κ1) is 12.6. The highest BCUT2D eigenvalue weighted by Gasteiger charge is 2.37. The minimum Gasteiger partial charge on any atom is -0.378 e. The van der Waals surface area contributed by atoms with Gasteiger partial charge in [0.1, 0.15) is 0 Å². The van der Waals surface area contributed by atoms with E-state index >= 15 is 0 Å². The summed E-state index contributed by atoms with van der Waals surface area (Å²) < 4.78 is 5.66. The molecule has 94 valence electrons. The molecule has 17 heavy (non-hydrogen) atoms. The molecule has 1 aromatic carbocycles. The van der Waals surface area contributed by atoms with E-state index in [1.54, 1.807) is 0 Å². The molecule has 1 aliphatic rings. The summed E-state index contributed by atoms with van der Waals surface area (Å²) in [6.45, 7) is 3.20. The van der Waals surface area contributed by atoms with E-state index in [2.05, 4.69) is 42.6 Å². The molecule has 1 unspecified atom stereocenters. The third-order valence-corrected chi connectivity index (χ3v) is 3.87. The number of benzene rings is 1. The van der Waals surface area contributed by atoms with Gasteiger partial charge in [0.25, 0.3) is 0 Å². The van der Waals surface area contributed by atoms with Crippen LogP contribution >= 0.6 is 0 Å². The number of hydrogen-bond acceptors (Lipinski definition) is 2. The molecule has 2 heteroatoms. The molecule has 1 fully saturated rings. The Morgan fingerprint density at radius 3 is 2.53 bits per heavy atom. The van der Waals surface area contributed by atoms with E-state index < -0.39 is 0 Å². The number of ether oxygens (including phenoxy) is 1. The Kier molecular flexibility index (Phi) is 4.19. The topological polar surface area (TPSA) is 21.3 Å². The summed E-state index contributed by atoms with van der Waals surface area (Å²) in [5.74, 6) is 0. The SMILES string of the molecule is COC1(CC(C)NCc2ccccc2)CCC1. The monoisotopic (exact) mass is 233 g/mol. The van der Waals surface area contributed by atoms with Crippen molar-refractivity contribution < 1.29 is 4.74 Å². The normalized spacial score (nSPS) is 19.6. The van der Waals surface area contributed by atoms with Crippen LogP contribution in [0, 0.1) is 0 Å². The van der Waals surface area contributed by atoms with Gasteiger partial charge in [-0.3, -0.25) is 0 Å². The molecule has 0 spiro atoms. The van der Waals surface area contributed by atoms with Gasteiger partial charge in [-0.15, -0.1) is 0 Å². The first-order chi connectivity index (χ1) is 8.24. The molecule has 1 aromatic rings. The van der Waals surface area contributed by atoms with Crippen molar-refractivity contribution in [3.8, 4) is 0 Å². The molecule has 1 atom stereocenters. The van der Waals surface area contributed by atoms with Crippen molar-refractivity contribution in [3.05, 3.63) is 35.9 Å². The van der Waals surface area contributed by atoms with Crippen molar-refractivity contribution in [1.82, 2.24) is 5.32 Å². The molecular weight excluding hydrogens is 210 g/mol. The molecule has 0 heterocycles. The fourth-order valence-electron chi connectivity index (χ4n) is 2.58. The van der Waals surface area contributed by atoms with E-state index in [4.69, 9.17) is 4.74 Å². The van der Waals surface area contributed by atoms with Gasteiger partial charge in [0.15, 0.2) is 0 Å². The molecule has 0 bridgehead atoms. The second-order valence-corrected chi connectivity index (χ2v) is 5.21. The van der Waals surface area contributed by atoms with Gasteiger partial charge in [0.2, 0.25) is 0 Å². The highest BCUT2D eigenvalue weighted by atomic mass is 16.5. The lowest BCUT2D eigenvalue weighted by molar-refractivity contribution is -0.0825. The van der Waals surface area contributed by atoms with Gasteiger partial charge < -0.3 is 10.1 Å². The molecular formula is C15H23NO. The van der Waals surface area contributed by atoms with Crippen LogP contribution in [0.4, 0.5) is 0 Å². The lowest BCUT2D eigenvalue weighted by Gasteiger charge is -2.42. The van der Waals surface area contributed by atoms with Crippen LogP contribution in [0.15, 0.2) is 30.3 Å². The van der Waals surface area contributed by atoms with Gasteiger partial charge in [-0.25, -0.2) is 0 Å². The van der Waals surface area contributed by atoms with Gasteiger partial charge in [-0.1, -0.05) is 30.3 Å². The maximum Gasteiger partial charge on any atom is 0.0693 e. The van der Waals surface area contributed by atoms with Crippen LogP contribution in [-0.2, 0) is 11.3 Å². The van der Waals surface area contributed by atoms with Gasteiger partial charge in [-0.2, -0.15) is 0 Å². The van der Waals surface area contributed by atoms with Crippen LogP contribution in [-0.4, -0.2) is 18.8 Å². The smallest absolute Gasteiger partial charge is 0.0693 e.